The fourth-order valence-corrected chi connectivity index (χ4v) is 3.45. The van der Waals surface area contributed by atoms with E-state index >= 15 is 0 Å². The van der Waals surface area contributed by atoms with E-state index in [-0.39, 0.29) is 24.1 Å². The summed E-state index contributed by atoms with van der Waals surface area (Å²) in [7, 11) is 0. The molecule has 1 aliphatic rings. The van der Waals surface area contributed by atoms with Gasteiger partial charge < -0.3 is 14.2 Å². The molecule has 1 saturated heterocycles. The fourth-order valence-electron chi connectivity index (χ4n) is 3.45. The van der Waals surface area contributed by atoms with Gasteiger partial charge >= 0.3 is 5.76 Å². The average molecular weight is 406 g/mol. The molecule has 0 aliphatic carbocycles. The van der Waals surface area contributed by atoms with Crippen molar-refractivity contribution in [2.45, 2.75) is 13.5 Å². The lowest BCUT2D eigenvalue weighted by molar-refractivity contribution is -0.132. The topological polar surface area (TPSA) is 88.7 Å². The molecule has 2 heterocycles. The van der Waals surface area contributed by atoms with Crippen LogP contribution in [0.1, 0.15) is 17.3 Å². The Balaban J connectivity index is 1.36. The lowest BCUT2D eigenvalue weighted by Crippen LogP contribution is -2.50. The van der Waals surface area contributed by atoms with Crippen molar-refractivity contribution in [2.24, 2.45) is 0 Å². The number of piperazine rings is 1. The number of hydrogen-bond donors (Lipinski definition) is 0. The molecule has 8 heteroatoms. The van der Waals surface area contributed by atoms with E-state index in [1.807, 2.05) is 42.5 Å². The van der Waals surface area contributed by atoms with Crippen LogP contribution in [0.15, 0.2) is 63.8 Å². The van der Waals surface area contributed by atoms with Gasteiger partial charge in [-0.3, -0.25) is 9.59 Å². The van der Waals surface area contributed by atoms with Crippen molar-refractivity contribution < 1.29 is 14.0 Å². The Hall–Kier alpha value is -3.68. The summed E-state index contributed by atoms with van der Waals surface area (Å²) in [4.78, 5) is 40.0. The highest BCUT2D eigenvalue weighted by atomic mass is 16.4. The Morgan fingerprint density at radius 1 is 0.967 bits per heavy atom. The summed E-state index contributed by atoms with van der Waals surface area (Å²) < 4.78 is 6.25. The van der Waals surface area contributed by atoms with Crippen molar-refractivity contribution in [2.75, 3.05) is 31.1 Å². The molecule has 0 atom stereocenters. The number of ketones is 1. The number of Topliss-reactive ketones (excluding diaryl/α,β-unsaturated/α-hetero) is 1. The van der Waals surface area contributed by atoms with Gasteiger partial charge in [0.25, 0.3) is 0 Å². The molecular weight excluding hydrogens is 384 g/mol. The van der Waals surface area contributed by atoms with Gasteiger partial charge in [-0.15, -0.1) is 5.10 Å². The van der Waals surface area contributed by atoms with Gasteiger partial charge in [0.05, 0.1) is 0 Å². The molecule has 8 nitrogen and oxygen atoms in total. The molecule has 0 radical (unpaired) electrons. The van der Waals surface area contributed by atoms with E-state index in [0.29, 0.717) is 37.3 Å². The van der Waals surface area contributed by atoms with E-state index in [4.69, 9.17) is 4.42 Å². The van der Waals surface area contributed by atoms with Gasteiger partial charge in [0.2, 0.25) is 11.8 Å². The van der Waals surface area contributed by atoms with Crippen LogP contribution in [-0.4, -0.2) is 52.5 Å². The second-order valence-corrected chi connectivity index (χ2v) is 7.17. The average Bonchev–Trinajstić information content (AvgIpc) is 3.14. The number of anilines is 1. The number of carbonyl (C=O) groups excluding carboxylic acids is 2. The number of carbonyl (C=O) groups is 2. The first kappa shape index (κ1) is 19.6. The van der Waals surface area contributed by atoms with Crippen molar-refractivity contribution in [3.63, 3.8) is 0 Å². The van der Waals surface area contributed by atoms with Gasteiger partial charge in [0, 0.05) is 43.0 Å². The first-order valence-electron chi connectivity index (χ1n) is 9.78. The Morgan fingerprint density at radius 2 is 1.63 bits per heavy atom. The van der Waals surface area contributed by atoms with Crippen LogP contribution in [0.25, 0.3) is 11.5 Å². The molecule has 0 spiro atoms. The number of hydrogen-bond acceptors (Lipinski definition) is 6. The number of amides is 1. The smallest absolute Gasteiger partial charge is 0.388 e. The van der Waals surface area contributed by atoms with Crippen molar-refractivity contribution >= 4 is 17.4 Å². The molecule has 0 N–H and O–H groups in total. The van der Waals surface area contributed by atoms with Crippen LogP contribution in [0.3, 0.4) is 0 Å². The highest BCUT2D eigenvalue weighted by Gasteiger charge is 2.23. The maximum atomic E-state index is 12.7. The zero-order valence-electron chi connectivity index (χ0n) is 16.7. The third-order valence-electron chi connectivity index (χ3n) is 5.18. The molecular formula is C22H22N4O4. The SMILES string of the molecule is CC(=O)c1ccc(N2CCN(C(=O)Cn3nc(-c4ccccc4)oc3=O)CC2)cc1. The maximum Gasteiger partial charge on any atom is 0.437 e. The molecule has 1 aromatic heterocycles. The summed E-state index contributed by atoms with van der Waals surface area (Å²) in [5.41, 5.74) is 2.39. The maximum absolute atomic E-state index is 12.7. The van der Waals surface area contributed by atoms with E-state index in [1.54, 1.807) is 24.0 Å². The Labute approximate surface area is 173 Å². The molecule has 3 aromatic rings. The molecule has 1 aliphatic heterocycles. The van der Waals surface area contributed by atoms with Gasteiger partial charge in [0.15, 0.2) is 5.78 Å². The van der Waals surface area contributed by atoms with Gasteiger partial charge in [-0.25, -0.2) is 4.79 Å². The zero-order chi connectivity index (χ0) is 21.1. The lowest BCUT2D eigenvalue weighted by Gasteiger charge is -2.36. The third-order valence-corrected chi connectivity index (χ3v) is 5.18. The summed E-state index contributed by atoms with van der Waals surface area (Å²) >= 11 is 0. The minimum atomic E-state index is -0.647. The predicted octanol–water partition coefficient (Wildman–Crippen LogP) is 2.05. The molecule has 0 bridgehead atoms. The largest absolute Gasteiger partial charge is 0.437 e. The molecule has 1 amide bonds. The molecule has 0 saturated carbocycles. The quantitative estimate of drug-likeness (QED) is 0.603. The van der Waals surface area contributed by atoms with Crippen molar-refractivity contribution in [3.05, 3.63) is 70.7 Å². The standard InChI is InChI=1S/C22H22N4O4/c1-16(27)17-7-9-19(10-8-17)24-11-13-25(14-12-24)20(28)15-26-22(29)30-21(23-26)18-5-3-2-4-6-18/h2-10H,11-15H2,1H3. The summed E-state index contributed by atoms with van der Waals surface area (Å²) in [5, 5.41) is 4.15. The van der Waals surface area contributed by atoms with Crippen molar-refractivity contribution in [3.8, 4) is 11.5 Å². The summed E-state index contributed by atoms with van der Waals surface area (Å²) in [6.45, 7) is 3.84. The van der Waals surface area contributed by atoms with Crippen LogP contribution >= 0.6 is 0 Å². The Morgan fingerprint density at radius 3 is 2.27 bits per heavy atom. The predicted molar refractivity (Wildman–Crippen MR) is 111 cm³/mol. The van der Waals surface area contributed by atoms with Gasteiger partial charge in [0.1, 0.15) is 6.54 Å². The Kier molecular flexibility index (Phi) is 5.47. The minimum Gasteiger partial charge on any atom is -0.388 e. The molecule has 0 unspecified atom stereocenters. The number of nitrogens with zero attached hydrogens (tertiary/aromatic N) is 4. The van der Waals surface area contributed by atoms with E-state index < -0.39 is 5.76 Å². The number of rotatable bonds is 5. The van der Waals surface area contributed by atoms with Crippen LogP contribution in [0.4, 0.5) is 5.69 Å². The second-order valence-electron chi connectivity index (χ2n) is 7.17. The van der Waals surface area contributed by atoms with E-state index in [1.165, 1.54) is 0 Å². The fraction of sp³-hybridized carbons (Fsp3) is 0.273. The highest BCUT2D eigenvalue weighted by molar-refractivity contribution is 5.94. The van der Waals surface area contributed by atoms with Crippen LogP contribution < -0.4 is 10.7 Å². The van der Waals surface area contributed by atoms with Crippen molar-refractivity contribution in [1.82, 2.24) is 14.7 Å². The van der Waals surface area contributed by atoms with Gasteiger partial charge in [-0.2, -0.15) is 4.68 Å². The zero-order valence-corrected chi connectivity index (χ0v) is 16.7. The minimum absolute atomic E-state index is 0.0375. The van der Waals surface area contributed by atoms with Crippen LogP contribution in [0.2, 0.25) is 0 Å². The third kappa shape index (κ3) is 4.17. The van der Waals surface area contributed by atoms with Crippen LogP contribution in [-0.2, 0) is 11.3 Å². The number of aromatic nitrogens is 2. The molecule has 1 fully saturated rings. The van der Waals surface area contributed by atoms with Gasteiger partial charge in [-0.1, -0.05) is 18.2 Å². The second kappa shape index (κ2) is 8.36. The first-order chi connectivity index (χ1) is 14.5. The van der Waals surface area contributed by atoms with Crippen molar-refractivity contribution in [1.29, 1.82) is 0 Å². The monoisotopic (exact) mass is 406 g/mol. The van der Waals surface area contributed by atoms with Crippen LogP contribution in [0.5, 0.6) is 0 Å². The van der Waals surface area contributed by atoms with Crippen LogP contribution in [0, 0.1) is 0 Å². The van der Waals surface area contributed by atoms with Gasteiger partial charge in [-0.05, 0) is 43.3 Å². The summed E-state index contributed by atoms with van der Waals surface area (Å²) in [6, 6.07) is 16.6. The van der Waals surface area contributed by atoms with E-state index in [2.05, 4.69) is 10.00 Å². The molecule has 154 valence electrons. The molecule has 2 aromatic carbocycles. The molecule has 4 rings (SSSR count). The Bertz CT molecular complexity index is 1090. The van der Waals surface area contributed by atoms with E-state index in [0.717, 1.165) is 10.4 Å². The number of benzene rings is 2. The summed E-state index contributed by atoms with van der Waals surface area (Å²) in [5.74, 6) is -0.578. The first-order valence-corrected chi connectivity index (χ1v) is 9.78. The molecule has 30 heavy (non-hydrogen) atoms. The van der Waals surface area contributed by atoms with E-state index in [9.17, 15) is 14.4 Å². The summed E-state index contributed by atoms with van der Waals surface area (Å²) in [6.07, 6.45) is 0. The normalized spacial score (nSPS) is 14.0. The lowest BCUT2D eigenvalue weighted by atomic mass is 10.1. The highest BCUT2D eigenvalue weighted by Crippen LogP contribution is 2.18.